The summed E-state index contributed by atoms with van der Waals surface area (Å²) in [6.45, 7) is -2.43. The number of ether oxygens (including phenoxy) is 1. The summed E-state index contributed by atoms with van der Waals surface area (Å²) in [7, 11) is 0. The van der Waals surface area contributed by atoms with Crippen LogP contribution in [0.3, 0.4) is 0 Å². The van der Waals surface area contributed by atoms with Crippen molar-refractivity contribution in [3.63, 3.8) is 0 Å². The molecule has 0 aromatic rings. The Labute approximate surface area is 108 Å². The Morgan fingerprint density at radius 1 is 1.11 bits per heavy atom. The highest BCUT2D eigenvalue weighted by Gasteiger charge is 2.54. The largest absolute Gasteiger partial charge is 0.394 e. The fourth-order valence-corrected chi connectivity index (χ4v) is 2.03. The summed E-state index contributed by atoms with van der Waals surface area (Å²) in [6.07, 6.45) is -10.3. The maximum Gasteiger partial charge on any atom is 0.145 e. The molecule has 114 valence electrons. The molecule has 1 aliphatic rings. The van der Waals surface area contributed by atoms with E-state index in [9.17, 15) is 35.7 Å². The summed E-state index contributed by atoms with van der Waals surface area (Å²) in [5.41, 5.74) is -2.51. The number of hydrogen-bond acceptors (Lipinski definition) is 9. The molecule has 19 heavy (non-hydrogen) atoms. The first-order valence-corrected chi connectivity index (χ1v) is 5.75. The molecular weight excluding hydrogens is 264 g/mol. The van der Waals surface area contributed by atoms with Crippen LogP contribution >= 0.6 is 0 Å². The molecule has 0 amide bonds. The summed E-state index contributed by atoms with van der Waals surface area (Å²) in [5.74, 6) is 0. The van der Waals surface area contributed by atoms with Crippen LogP contribution in [0.1, 0.15) is 0 Å². The van der Waals surface area contributed by atoms with E-state index in [4.69, 9.17) is 9.84 Å². The zero-order valence-electron chi connectivity index (χ0n) is 10.1. The van der Waals surface area contributed by atoms with Crippen molar-refractivity contribution >= 4 is 0 Å². The lowest BCUT2D eigenvalue weighted by atomic mass is 9.81. The van der Waals surface area contributed by atoms with E-state index in [1.54, 1.807) is 0 Å². The lowest BCUT2D eigenvalue weighted by Crippen LogP contribution is -2.68. The molecule has 9 nitrogen and oxygen atoms in total. The molecule has 0 bridgehead atoms. The second-order valence-electron chi connectivity index (χ2n) is 4.65. The molecule has 1 fully saturated rings. The Hall–Kier alpha value is -0.360. The van der Waals surface area contributed by atoms with Crippen LogP contribution in [0.25, 0.3) is 0 Å². The molecule has 1 aliphatic heterocycles. The lowest BCUT2D eigenvalue weighted by molar-refractivity contribution is -0.274. The first-order valence-electron chi connectivity index (χ1n) is 5.75. The van der Waals surface area contributed by atoms with Gasteiger partial charge in [-0.05, 0) is 0 Å². The van der Waals surface area contributed by atoms with Crippen molar-refractivity contribution in [3.05, 3.63) is 0 Å². The number of aliphatic hydroxyl groups is 8. The van der Waals surface area contributed by atoms with Crippen molar-refractivity contribution in [1.82, 2.24) is 0 Å². The Balaban J connectivity index is 2.95. The van der Waals surface area contributed by atoms with Crippen LogP contribution < -0.4 is 0 Å². The van der Waals surface area contributed by atoms with Crippen LogP contribution in [0.15, 0.2) is 0 Å². The monoisotopic (exact) mass is 284 g/mol. The fourth-order valence-electron chi connectivity index (χ4n) is 2.03. The van der Waals surface area contributed by atoms with Gasteiger partial charge in [0.15, 0.2) is 0 Å². The lowest BCUT2D eigenvalue weighted by Gasteiger charge is -2.45. The third kappa shape index (κ3) is 3.05. The summed E-state index contributed by atoms with van der Waals surface area (Å²) in [5, 5.41) is 75.5. The minimum atomic E-state index is -2.51. The highest BCUT2D eigenvalue weighted by atomic mass is 16.5. The topological polar surface area (TPSA) is 171 Å². The molecule has 9 heteroatoms. The second kappa shape index (κ2) is 6.39. The van der Waals surface area contributed by atoms with Gasteiger partial charge in [0.1, 0.15) is 42.2 Å². The van der Waals surface area contributed by atoms with Gasteiger partial charge in [-0.2, -0.15) is 0 Å². The molecule has 0 aromatic carbocycles. The van der Waals surface area contributed by atoms with Gasteiger partial charge < -0.3 is 45.6 Å². The average molecular weight is 284 g/mol. The molecule has 1 saturated heterocycles. The van der Waals surface area contributed by atoms with Crippen molar-refractivity contribution in [1.29, 1.82) is 0 Å². The van der Waals surface area contributed by atoms with Crippen molar-refractivity contribution in [2.75, 3.05) is 19.8 Å². The van der Waals surface area contributed by atoms with Gasteiger partial charge in [0.2, 0.25) is 0 Å². The zero-order valence-corrected chi connectivity index (χ0v) is 10.1. The van der Waals surface area contributed by atoms with E-state index in [0.717, 1.165) is 0 Å². The summed E-state index contributed by atoms with van der Waals surface area (Å²) in [4.78, 5) is 0. The highest BCUT2D eigenvalue weighted by molar-refractivity contribution is 5.03. The minimum Gasteiger partial charge on any atom is -0.394 e. The van der Waals surface area contributed by atoms with E-state index in [0.29, 0.717) is 0 Å². The van der Waals surface area contributed by atoms with Gasteiger partial charge in [0, 0.05) is 0 Å². The van der Waals surface area contributed by atoms with E-state index < -0.39 is 62.0 Å². The first-order chi connectivity index (χ1) is 8.79. The normalized spacial score (nSPS) is 38.5. The van der Waals surface area contributed by atoms with E-state index in [2.05, 4.69) is 0 Å². The third-order valence-electron chi connectivity index (χ3n) is 3.31. The minimum absolute atomic E-state index is 0.437. The third-order valence-corrected chi connectivity index (χ3v) is 3.31. The van der Waals surface area contributed by atoms with Gasteiger partial charge in [0.25, 0.3) is 0 Å². The second-order valence-corrected chi connectivity index (χ2v) is 4.65. The quantitative estimate of drug-likeness (QED) is 0.246. The van der Waals surface area contributed by atoms with E-state index >= 15 is 0 Å². The summed E-state index contributed by atoms with van der Waals surface area (Å²) in [6, 6.07) is 0. The van der Waals surface area contributed by atoms with Crippen molar-refractivity contribution in [2.24, 2.45) is 0 Å². The summed E-state index contributed by atoms with van der Waals surface area (Å²) >= 11 is 0. The predicted octanol–water partition coefficient (Wildman–Crippen LogP) is -5.09. The van der Waals surface area contributed by atoms with Gasteiger partial charge in [-0.3, -0.25) is 0 Å². The fraction of sp³-hybridized carbons (Fsp3) is 1.00. The maximum absolute atomic E-state index is 10.1. The molecule has 0 saturated carbocycles. The molecule has 7 atom stereocenters. The molecule has 0 radical (unpaired) electrons. The Morgan fingerprint density at radius 2 is 1.68 bits per heavy atom. The molecule has 0 spiro atoms. The van der Waals surface area contributed by atoms with E-state index in [1.165, 1.54) is 0 Å². The van der Waals surface area contributed by atoms with Crippen LogP contribution in [0.4, 0.5) is 0 Å². The molecule has 0 aliphatic carbocycles. The molecule has 0 unspecified atom stereocenters. The van der Waals surface area contributed by atoms with Crippen molar-refractivity contribution in [3.8, 4) is 0 Å². The van der Waals surface area contributed by atoms with E-state index in [1.807, 2.05) is 0 Å². The Kier molecular flexibility index (Phi) is 5.62. The average Bonchev–Trinajstić information content (AvgIpc) is 2.42. The van der Waals surface area contributed by atoms with Crippen LogP contribution in [0.5, 0.6) is 0 Å². The van der Waals surface area contributed by atoms with Gasteiger partial charge in [-0.25, -0.2) is 0 Å². The van der Waals surface area contributed by atoms with Crippen LogP contribution in [0, 0.1) is 0 Å². The number of aliphatic hydroxyl groups excluding tert-OH is 7. The Bertz CT molecular complexity index is 288. The maximum atomic E-state index is 10.1. The first kappa shape index (κ1) is 16.7. The number of rotatable bonds is 5. The molecule has 8 N–H and O–H groups in total. The highest BCUT2D eigenvalue weighted by Crippen LogP contribution is 2.28. The smallest absolute Gasteiger partial charge is 0.145 e. The zero-order chi connectivity index (χ0) is 14.8. The Morgan fingerprint density at radius 3 is 2.16 bits per heavy atom. The van der Waals surface area contributed by atoms with E-state index in [-0.39, 0.29) is 0 Å². The van der Waals surface area contributed by atoms with Gasteiger partial charge in [0.05, 0.1) is 19.8 Å². The van der Waals surface area contributed by atoms with Crippen LogP contribution in [-0.4, -0.2) is 103 Å². The van der Waals surface area contributed by atoms with Crippen molar-refractivity contribution in [2.45, 2.75) is 42.2 Å². The molecule has 1 rings (SSSR count). The molecule has 1 heterocycles. The van der Waals surface area contributed by atoms with Gasteiger partial charge >= 0.3 is 0 Å². The molecular formula is C10H20O9. The number of hydrogen-bond donors (Lipinski definition) is 8. The summed E-state index contributed by atoms with van der Waals surface area (Å²) < 4.78 is 4.92. The van der Waals surface area contributed by atoms with Crippen LogP contribution in [-0.2, 0) is 4.74 Å². The van der Waals surface area contributed by atoms with Gasteiger partial charge in [-0.1, -0.05) is 0 Å². The molecule has 0 aromatic heterocycles. The van der Waals surface area contributed by atoms with Crippen LogP contribution in [0.2, 0.25) is 0 Å². The van der Waals surface area contributed by atoms with Crippen molar-refractivity contribution < 1.29 is 45.6 Å². The van der Waals surface area contributed by atoms with Gasteiger partial charge in [-0.15, -0.1) is 0 Å². The SMILES string of the molecule is OC[C@H](O)[C@@H](O)[C@](O)(CO)[C@@H]1OC[C@@H](O)[C@H](O)[C@H]1O. The standard InChI is InChI=1S/C10H20O9/c11-1-4(13)8(17)10(18,3-12)9-7(16)6(15)5(14)2-19-9/h4-9,11-18H,1-3H2/t4-,5+,6-,7+,8+,9+,10+/m0/s1. The predicted molar refractivity (Wildman–Crippen MR) is 58.9 cm³/mol.